The molecule has 0 aliphatic rings. The van der Waals surface area contributed by atoms with Crippen LogP contribution in [0.4, 0.5) is 0 Å². The van der Waals surface area contributed by atoms with Crippen LogP contribution in [0.5, 0.6) is 0 Å². The van der Waals surface area contributed by atoms with Crippen molar-refractivity contribution in [2.24, 2.45) is 5.73 Å². The van der Waals surface area contributed by atoms with Crippen molar-refractivity contribution < 1.29 is 4.79 Å². The number of rotatable bonds is 4. The molecule has 2 N–H and O–H groups in total. The summed E-state index contributed by atoms with van der Waals surface area (Å²) >= 11 is 7.34. The molecule has 1 rings (SSSR count). The molecule has 4 heteroatoms. The van der Waals surface area contributed by atoms with Crippen LogP contribution in [-0.2, 0) is 4.79 Å². The van der Waals surface area contributed by atoms with Crippen molar-refractivity contribution in [2.75, 3.05) is 0 Å². The zero-order valence-corrected chi connectivity index (χ0v) is 10.3. The molecule has 2 nitrogen and oxygen atoms in total. The maximum Gasteiger partial charge on any atom is 0.230 e. The zero-order chi connectivity index (χ0) is 11.4. The van der Waals surface area contributed by atoms with Gasteiger partial charge >= 0.3 is 0 Å². The number of hydrogen-bond donors (Lipinski definition) is 1. The molecule has 0 aliphatic carbocycles. The van der Waals surface area contributed by atoms with Gasteiger partial charge in [-0.25, -0.2) is 0 Å². The van der Waals surface area contributed by atoms with E-state index in [9.17, 15) is 4.79 Å². The van der Waals surface area contributed by atoms with Crippen LogP contribution in [0.15, 0.2) is 24.3 Å². The number of carbonyl (C=O) groups is 1. The van der Waals surface area contributed by atoms with E-state index in [0.29, 0.717) is 0 Å². The predicted octanol–water partition coefficient (Wildman–Crippen LogP) is 3.01. The minimum Gasteiger partial charge on any atom is -0.369 e. The van der Waals surface area contributed by atoms with E-state index in [1.807, 2.05) is 38.1 Å². The highest BCUT2D eigenvalue weighted by atomic mass is 35.5. The number of halogens is 1. The fourth-order valence-corrected chi connectivity index (χ4v) is 2.37. The van der Waals surface area contributed by atoms with E-state index >= 15 is 0 Å². The molecule has 0 bridgehead atoms. The lowest BCUT2D eigenvalue weighted by Gasteiger charge is -2.14. The summed E-state index contributed by atoms with van der Waals surface area (Å²) in [6.07, 6.45) is 0. The molecule has 0 unspecified atom stereocenters. The summed E-state index contributed by atoms with van der Waals surface area (Å²) in [7, 11) is 0. The Kier molecular flexibility index (Phi) is 4.48. The van der Waals surface area contributed by atoms with Crippen molar-refractivity contribution in [3.63, 3.8) is 0 Å². The van der Waals surface area contributed by atoms with Gasteiger partial charge in [0.05, 0.1) is 5.25 Å². The third-order valence-electron chi connectivity index (χ3n) is 2.15. The van der Waals surface area contributed by atoms with Gasteiger partial charge in [-0.05, 0) is 31.5 Å². The van der Waals surface area contributed by atoms with E-state index in [1.165, 1.54) is 0 Å². The van der Waals surface area contributed by atoms with Crippen LogP contribution in [-0.4, -0.2) is 11.2 Å². The largest absolute Gasteiger partial charge is 0.369 e. The minimum atomic E-state index is -0.277. The van der Waals surface area contributed by atoms with Crippen molar-refractivity contribution in [3.8, 4) is 0 Å². The van der Waals surface area contributed by atoms with E-state index in [0.717, 1.165) is 10.6 Å². The Bertz CT molecular complexity index is 339. The Hall–Kier alpha value is -0.670. The van der Waals surface area contributed by atoms with Crippen LogP contribution >= 0.6 is 23.4 Å². The Labute approximate surface area is 99.2 Å². The van der Waals surface area contributed by atoms with Crippen LogP contribution in [0.25, 0.3) is 0 Å². The standard InChI is InChI=1S/C11H14ClNOS/c1-7(15-8(2)11(13)14)9-3-5-10(12)6-4-9/h3-8H,1-2H3,(H2,13,14)/t7-,8-/m0/s1. The summed E-state index contributed by atoms with van der Waals surface area (Å²) in [6, 6.07) is 7.63. The summed E-state index contributed by atoms with van der Waals surface area (Å²) in [5.74, 6) is -0.277. The Morgan fingerprint density at radius 3 is 2.33 bits per heavy atom. The zero-order valence-electron chi connectivity index (χ0n) is 8.74. The van der Waals surface area contributed by atoms with Gasteiger partial charge in [0.1, 0.15) is 0 Å². The molecule has 0 spiro atoms. The molecule has 0 aliphatic heterocycles. The molecule has 0 saturated carbocycles. The highest BCUT2D eigenvalue weighted by Crippen LogP contribution is 2.31. The Morgan fingerprint density at radius 2 is 1.87 bits per heavy atom. The SMILES string of the molecule is C[C@H](S[C@@H](C)c1ccc(Cl)cc1)C(N)=O. The van der Waals surface area contributed by atoms with Crippen molar-refractivity contribution in [1.29, 1.82) is 0 Å². The first-order valence-corrected chi connectivity index (χ1v) is 6.03. The molecule has 1 aromatic rings. The Balaban J connectivity index is 2.64. The van der Waals surface area contributed by atoms with Crippen molar-refractivity contribution in [2.45, 2.75) is 24.3 Å². The number of carbonyl (C=O) groups excluding carboxylic acids is 1. The molecule has 0 fully saturated rings. The fraction of sp³-hybridized carbons (Fsp3) is 0.364. The normalized spacial score (nSPS) is 14.6. The highest BCUT2D eigenvalue weighted by Gasteiger charge is 2.14. The maximum absolute atomic E-state index is 10.9. The van der Waals surface area contributed by atoms with Crippen molar-refractivity contribution >= 4 is 29.3 Å². The first kappa shape index (κ1) is 12.4. The molecule has 0 heterocycles. The number of primary amides is 1. The number of amides is 1. The summed E-state index contributed by atoms with van der Waals surface area (Å²) in [4.78, 5) is 10.9. The summed E-state index contributed by atoms with van der Waals surface area (Å²) < 4.78 is 0. The van der Waals surface area contributed by atoms with E-state index in [2.05, 4.69) is 0 Å². The maximum atomic E-state index is 10.9. The third-order valence-corrected chi connectivity index (χ3v) is 3.72. The minimum absolute atomic E-state index is 0.171. The summed E-state index contributed by atoms with van der Waals surface area (Å²) in [5, 5.41) is 0.791. The lowest BCUT2D eigenvalue weighted by Crippen LogP contribution is -2.23. The molecule has 15 heavy (non-hydrogen) atoms. The molecule has 2 atom stereocenters. The van der Waals surface area contributed by atoms with E-state index in [1.54, 1.807) is 11.8 Å². The monoisotopic (exact) mass is 243 g/mol. The number of hydrogen-bond acceptors (Lipinski definition) is 2. The van der Waals surface area contributed by atoms with Gasteiger partial charge in [-0.1, -0.05) is 23.7 Å². The third kappa shape index (κ3) is 3.76. The molecule has 1 aromatic carbocycles. The molecular formula is C11H14ClNOS. The molecule has 0 radical (unpaired) electrons. The van der Waals surface area contributed by atoms with E-state index < -0.39 is 0 Å². The smallest absolute Gasteiger partial charge is 0.230 e. The van der Waals surface area contributed by atoms with Crippen LogP contribution in [0, 0.1) is 0 Å². The van der Waals surface area contributed by atoms with Crippen LogP contribution in [0.1, 0.15) is 24.7 Å². The summed E-state index contributed by atoms with van der Waals surface area (Å²) in [6.45, 7) is 3.87. The molecule has 0 saturated heterocycles. The van der Waals surface area contributed by atoms with Gasteiger partial charge in [-0.3, -0.25) is 4.79 Å². The van der Waals surface area contributed by atoms with Gasteiger partial charge in [0.2, 0.25) is 5.91 Å². The average molecular weight is 244 g/mol. The number of nitrogens with two attached hydrogens (primary N) is 1. The fourth-order valence-electron chi connectivity index (χ4n) is 1.19. The molecular weight excluding hydrogens is 230 g/mol. The van der Waals surface area contributed by atoms with Gasteiger partial charge in [-0.15, -0.1) is 11.8 Å². The van der Waals surface area contributed by atoms with Gasteiger partial charge < -0.3 is 5.73 Å². The van der Waals surface area contributed by atoms with Crippen LogP contribution in [0.3, 0.4) is 0 Å². The average Bonchev–Trinajstić information content (AvgIpc) is 2.18. The number of benzene rings is 1. The quantitative estimate of drug-likeness (QED) is 0.884. The second kappa shape index (κ2) is 5.42. The predicted molar refractivity (Wildman–Crippen MR) is 66.1 cm³/mol. The van der Waals surface area contributed by atoms with Gasteiger partial charge in [0, 0.05) is 10.3 Å². The van der Waals surface area contributed by atoms with Gasteiger partial charge in [-0.2, -0.15) is 0 Å². The first-order chi connectivity index (χ1) is 7.00. The second-order valence-corrected chi connectivity index (χ2v) is 5.50. The topological polar surface area (TPSA) is 43.1 Å². The second-order valence-electron chi connectivity index (χ2n) is 3.37. The highest BCUT2D eigenvalue weighted by molar-refractivity contribution is 8.00. The van der Waals surface area contributed by atoms with E-state index in [4.69, 9.17) is 17.3 Å². The molecule has 82 valence electrons. The van der Waals surface area contributed by atoms with Crippen LogP contribution in [0.2, 0.25) is 5.02 Å². The number of thioether (sulfide) groups is 1. The van der Waals surface area contributed by atoms with Crippen molar-refractivity contribution in [1.82, 2.24) is 0 Å². The Morgan fingerprint density at radius 1 is 1.33 bits per heavy atom. The van der Waals surface area contributed by atoms with Gasteiger partial charge in [0.15, 0.2) is 0 Å². The first-order valence-electron chi connectivity index (χ1n) is 4.71. The van der Waals surface area contributed by atoms with Crippen LogP contribution < -0.4 is 5.73 Å². The summed E-state index contributed by atoms with van der Waals surface area (Å²) in [5.41, 5.74) is 6.36. The lowest BCUT2D eigenvalue weighted by atomic mass is 10.2. The molecule has 1 amide bonds. The van der Waals surface area contributed by atoms with Crippen molar-refractivity contribution in [3.05, 3.63) is 34.9 Å². The molecule has 0 aromatic heterocycles. The van der Waals surface area contributed by atoms with Gasteiger partial charge in [0.25, 0.3) is 0 Å². The van der Waals surface area contributed by atoms with E-state index in [-0.39, 0.29) is 16.4 Å². The lowest BCUT2D eigenvalue weighted by molar-refractivity contribution is -0.117.